The molecule has 0 amide bonds. The number of nitrogens with zero attached hydrogens (tertiary/aromatic N) is 8. The van der Waals surface area contributed by atoms with E-state index in [9.17, 15) is 0 Å². The lowest BCUT2D eigenvalue weighted by molar-refractivity contribution is -0.122. The number of carboxylic acid groups (broad SMARTS) is 1. The fourth-order valence-corrected chi connectivity index (χ4v) is 4.48. The molecule has 12 heteroatoms. The molecular formula is C21H29N9O3. The van der Waals surface area contributed by atoms with Crippen molar-refractivity contribution in [3.05, 3.63) is 42.3 Å². The fraction of sp³-hybridized carbons (Fsp3) is 0.524. The van der Waals surface area contributed by atoms with Crippen LogP contribution in [0.15, 0.2) is 24.9 Å². The SMILES string of the molecule is CN(C)c1nccnc1N1Cc2nnc(C3CCOCC3)n2C(Cc2cnc[nH]2)C1.O=CO. The number of imidazole rings is 1. The first kappa shape index (κ1) is 22.6. The molecule has 0 aliphatic carbocycles. The zero-order chi connectivity index (χ0) is 23.2. The van der Waals surface area contributed by atoms with Crippen LogP contribution in [-0.2, 0) is 22.5 Å². The Bertz CT molecular complexity index is 1030. The van der Waals surface area contributed by atoms with E-state index in [1.165, 1.54) is 0 Å². The van der Waals surface area contributed by atoms with Crippen molar-refractivity contribution in [2.24, 2.45) is 0 Å². The molecule has 1 unspecified atom stereocenters. The van der Waals surface area contributed by atoms with Gasteiger partial charge >= 0.3 is 0 Å². The topological polar surface area (TPSA) is 138 Å². The van der Waals surface area contributed by atoms with Crippen molar-refractivity contribution >= 4 is 18.1 Å². The minimum absolute atomic E-state index is 0.180. The first-order valence-electron chi connectivity index (χ1n) is 10.9. The normalized spacial score (nSPS) is 18.2. The summed E-state index contributed by atoms with van der Waals surface area (Å²) in [5.74, 6) is 4.19. The van der Waals surface area contributed by atoms with E-state index in [2.05, 4.69) is 39.6 Å². The van der Waals surface area contributed by atoms with Gasteiger partial charge in [-0.15, -0.1) is 10.2 Å². The van der Waals surface area contributed by atoms with Gasteiger partial charge in [0.25, 0.3) is 6.47 Å². The molecule has 0 spiro atoms. The van der Waals surface area contributed by atoms with Gasteiger partial charge in [0, 0.05) is 70.5 Å². The van der Waals surface area contributed by atoms with Crippen molar-refractivity contribution in [1.29, 1.82) is 0 Å². The highest BCUT2D eigenvalue weighted by atomic mass is 16.5. The molecule has 2 aliphatic heterocycles. The second-order valence-corrected chi connectivity index (χ2v) is 8.25. The maximum Gasteiger partial charge on any atom is 0.290 e. The number of ether oxygens (including phenoxy) is 1. The number of rotatable bonds is 5. The van der Waals surface area contributed by atoms with Gasteiger partial charge in [-0.05, 0) is 12.8 Å². The first-order chi connectivity index (χ1) is 16.1. The van der Waals surface area contributed by atoms with Crippen LogP contribution in [-0.4, -0.2) is 80.1 Å². The van der Waals surface area contributed by atoms with Crippen LogP contribution in [0, 0.1) is 0 Å². The number of anilines is 2. The highest BCUT2D eigenvalue weighted by molar-refractivity contribution is 5.61. The van der Waals surface area contributed by atoms with Gasteiger partial charge in [-0.3, -0.25) is 4.79 Å². The number of hydrogen-bond acceptors (Lipinski definition) is 9. The number of hydrogen-bond donors (Lipinski definition) is 2. The molecule has 33 heavy (non-hydrogen) atoms. The standard InChI is InChI=1S/C20H27N9O.CH2O2/c1-27(2)19-20(23-6-5-22-19)28-11-16(9-15-10-21-13-24-15)29-17(12-28)25-26-18(29)14-3-7-30-8-4-14;2-1-3/h5-6,10,13-14,16H,3-4,7-9,11-12H2,1-2H3,(H,21,24);1H,(H,2,3). The smallest absolute Gasteiger partial charge is 0.290 e. The molecule has 0 bridgehead atoms. The van der Waals surface area contributed by atoms with Crippen molar-refractivity contribution < 1.29 is 14.6 Å². The molecule has 1 saturated heterocycles. The van der Waals surface area contributed by atoms with Crippen LogP contribution >= 0.6 is 0 Å². The third kappa shape index (κ3) is 4.95. The maximum absolute atomic E-state index is 8.36. The summed E-state index contributed by atoms with van der Waals surface area (Å²) in [6, 6.07) is 0.180. The number of nitrogens with one attached hydrogen (secondary N) is 1. The molecule has 5 heterocycles. The van der Waals surface area contributed by atoms with Crippen molar-refractivity contribution in [2.45, 2.75) is 37.8 Å². The number of carbonyl (C=O) groups is 1. The number of aromatic nitrogens is 7. The molecule has 2 N–H and O–H groups in total. The lowest BCUT2D eigenvalue weighted by Crippen LogP contribution is -2.40. The van der Waals surface area contributed by atoms with Crippen LogP contribution in [0.25, 0.3) is 0 Å². The molecule has 0 aromatic carbocycles. The summed E-state index contributed by atoms with van der Waals surface area (Å²) >= 11 is 0. The Hall–Kier alpha value is -3.54. The third-order valence-electron chi connectivity index (χ3n) is 5.90. The second kappa shape index (κ2) is 10.4. The zero-order valence-corrected chi connectivity index (χ0v) is 18.8. The van der Waals surface area contributed by atoms with Gasteiger partial charge in [0.05, 0.1) is 18.9 Å². The number of fused-ring (bicyclic) bond motifs is 1. The zero-order valence-electron chi connectivity index (χ0n) is 18.8. The van der Waals surface area contributed by atoms with Gasteiger partial charge in [-0.1, -0.05) is 0 Å². The first-order valence-corrected chi connectivity index (χ1v) is 10.9. The predicted molar refractivity (Wildman–Crippen MR) is 120 cm³/mol. The largest absolute Gasteiger partial charge is 0.483 e. The van der Waals surface area contributed by atoms with Crippen molar-refractivity contribution in [3.8, 4) is 0 Å². The Kier molecular flexibility index (Phi) is 7.13. The van der Waals surface area contributed by atoms with E-state index in [1.807, 2.05) is 25.2 Å². The molecule has 1 atom stereocenters. The maximum atomic E-state index is 8.36. The van der Waals surface area contributed by atoms with Crippen LogP contribution < -0.4 is 9.80 Å². The summed E-state index contributed by atoms with van der Waals surface area (Å²) in [5.41, 5.74) is 1.10. The summed E-state index contributed by atoms with van der Waals surface area (Å²) in [4.78, 5) is 29.3. The number of aromatic amines is 1. The molecule has 176 valence electrons. The van der Waals surface area contributed by atoms with Gasteiger partial charge in [0.15, 0.2) is 17.5 Å². The minimum atomic E-state index is -0.250. The van der Waals surface area contributed by atoms with Crippen molar-refractivity contribution in [1.82, 2.24) is 34.7 Å². The van der Waals surface area contributed by atoms with E-state index < -0.39 is 0 Å². The second-order valence-electron chi connectivity index (χ2n) is 8.25. The van der Waals surface area contributed by atoms with Gasteiger partial charge in [-0.25, -0.2) is 15.0 Å². The average Bonchev–Trinajstić information content (AvgIpc) is 3.50. The van der Waals surface area contributed by atoms with Crippen LogP contribution in [0.5, 0.6) is 0 Å². The summed E-state index contributed by atoms with van der Waals surface area (Å²) in [6.07, 6.45) is 9.92. The fourth-order valence-electron chi connectivity index (χ4n) is 4.48. The summed E-state index contributed by atoms with van der Waals surface area (Å²) in [5, 5.41) is 16.1. The van der Waals surface area contributed by atoms with Crippen LogP contribution in [0.3, 0.4) is 0 Å². The highest BCUT2D eigenvalue weighted by Crippen LogP contribution is 2.35. The molecule has 1 fully saturated rings. The van der Waals surface area contributed by atoms with E-state index >= 15 is 0 Å². The van der Waals surface area contributed by atoms with Gasteiger partial charge < -0.3 is 29.2 Å². The predicted octanol–water partition coefficient (Wildman–Crippen LogP) is 1.26. The molecule has 2 aliphatic rings. The Morgan fingerprint density at radius 1 is 1.24 bits per heavy atom. The van der Waals surface area contributed by atoms with E-state index in [4.69, 9.17) is 14.6 Å². The van der Waals surface area contributed by atoms with E-state index in [0.717, 1.165) is 68.0 Å². The Morgan fingerprint density at radius 2 is 2.00 bits per heavy atom. The molecule has 0 saturated carbocycles. The molecule has 5 rings (SSSR count). The molecular weight excluding hydrogens is 426 g/mol. The Labute approximate surface area is 191 Å². The summed E-state index contributed by atoms with van der Waals surface area (Å²) in [6.45, 7) is 2.79. The lowest BCUT2D eigenvalue weighted by Gasteiger charge is -2.37. The number of H-pyrrole nitrogens is 1. The molecule has 3 aromatic rings. The van der Waals surface area contributed by atoms with Crippen LogP contribution in [0.4, 0.5) is 11.6 Å². The molecule has 12 nitrogen and oxygen atoms in total. The van der Waals surface area contributed by atoms with Crippen molar-refractivity contribution in [2.75, 3.05) is 43.7 Å². The van der Waals surface area contributed by atoms with E-state index in [0.29, 0.717) is 12.5 Å². The van der Waals surface area contributed by atoms with Crippen LogP contribution in [0.1, 0.15) is 42.1 Å². The van der Waals surface area contributed by atoms with Gasteiger partial charge in [0.2, 0.25) is 0 Å². The van der Waals surface area contributed by atoms with Gasteiger partial charge in [0.1, 0.15) is 5.82 Å². The lowest BCUT2D eigenvalue weighted by atomic mass is 9.98. The Morgan fingerprint density at radius 3 is 2.70 bits per heavy atom. The average molecular weight is 456 g/mol. The van der Waals surface area contributed by atoms with E-state index in [-0.39, 0.29) is 12.5 Å². The van der Waals surface area contributed by atoms with Crippen molar-refractivity contribution in [3.63, 3.8) is 0 Å². The Balaban J connectivity index is 0.000000821. The summed E-state index contributed by atoms with van der Waals surface area (Å²) in [7, 11) is 3.98. The molecule has 3 aromatic heterocycles. The molecule has 0 radical (unpaired) electrons. The minimum Gasteiger partial charge on any atom is -0.483 e. The van der Waals surface area contributed by atoms with Gasteiger partial charge in [-0.2, -0.15) is 0 Å². The quantitative estimate of drug-likeness (QED) is 0.541. The third-order valence-corrected chi connectivity index (χ3v) is 5.90. The van der Waals surface area contributed by atoms with Crippen LogP contribution in [0.2, 0.25) is 0 Å². The summed E-state index contributed by atoms with van der Waals surface area (Å²) < 4.78 is 7.93. The highest BCUT2D eigenvalue weighted by Gasteiger charge is 2.34. The monoisotopic (exact) mass is 455 g/mol. The van der Waals surface area contributed by atoms with E-state index in [1.54, 1.807) is 18.7 Å².